The number of rotatable bonds is 5. The van der Waals surface area contributed by atoms with Crippen molar-refractivity contribution >= 4 is 23.2 Å². The number of aromatic hydroxyl groups is 1. The van der Waals surface area contributed by atoms with Crippen molar-refractivity contribution in [2.24, 2.45) is 0 Å². The Morgan fingerprint density at radius 3 is 2.67 bits per heavy atom. The van der Waals surface area contributed by atoms with Gasteiger partial charge in [-0.15, -0.1) is 0 Å². The number of benzene rings is 1. The van der Waals surface area contributed by atoms with Crippen LogP contribution in [-0.2, 0) is 4.79 Å². The Morgan fingerprint density at radius 2 is 2.11 bits per heavy atom. The molecule has 6 heteroatoms. The summed E-state index contributed by atoms with van der Waals surface area (Å²) in [5, 5.41) is 28.6. The highest BCUT2D eigenvalue weighted by Gasteiger charge is 2.21. The first kappa shape index (κ1) is 14.7. The molecule has 0 aliphatic rings. The van der Waals surface area contributed by atoms with E-state index in [1.807, 2.05) is 0 Å². The molecule has 1 aromatic carbocycles. The predicted octanol–water partition coefficient (Wildman–Crippen LogP) is 0.879. The Balaban J connectivity index is 2.85. The molecule has 0 heterocycles. The van der Waals surface area contributed by atoms with Gasteiger partial charge in [0.15, 0.2) is 11.4 Å². The highest BCUT2D eigenvalue weighted by atomic mass is 32.2. The fraction of sp³-hybridized carbons (Fsp3) is 0.333. The van der Waals surface area contributed by atoms with Crippen LogP contribution < -0.4 is 0 Å². The van der Waals surface area contributed by atoms with E-state index in [0.29, 0.717) is 6.29 Å². The molecule has 0 saturated heterocycles. The van der Waals surface area contributed by atoms with Crippen molar-refractivity contribution in [2.45, 2.75) is 19.1 Å². The second kappa shape index (κ2) is 6.53. The second-order valence-corrected chi connectivity index (χ2v) is 4.94. The van der Waals surface area contributed by atoms with Gasteiger partial charge in [0, 0.05) is 18.2 Å². The molecular weight excluding hydrogens is 256 g/mol. The van der Waals surface area contributed by atoms with Crippen molar-refractivity contribution in [3.63, 3.8) is 0 Å². The third-order valence-corrected chi connectivity index (χ3v) is 3.25. The average Bonchev–Trinajstić information content (AvgIpc) is 2.34. The molecule has 0 bridgehead atoms. The maximum atomic E-state index is 10.8. The number of hydrogen-bond acceptors (Lipinski definition) is 6. The molecule has 0 aromatic heterocycles. The summed E-state index contributed by atoms with van der Waals surface area (Å²) in [5.41, 5.74) is 0.328. The van der Waals surface area contributed by atoms with Crippen LogP contribution in [-0.4, -0.2) is 38.6 Å². The topological polar surface area (TPSA) is 94.8 Å². The molecule has 5 nitrogen and oxygen atoms in total. The van der Waals surface area contributed by atoms with Gasteiger partial charge in [-0.1, -0.05) is 17.8 Å². The Hall–Kier alpha value is -1.37. The second-order valence-electron chi connectivity index (χ2n) is 3.75. The van der Waals surface area contributed by atoms with E-state index in [1.54, 1.807) is 0 Å². The van der Waals surface area contributed by atoms with Gasteiger partial charge in [0.1, 0.15) is 11.9 Å². The van der Waals surface area contributed by atoms with Crippen molar-refractivity contribution in [1.82, 2.24) is 0 Å². The molecule has 2 unspecified atom stereocenters. The smallest absolute Gasteiger partial charge is 0.185 e. The maximum Gasteiger partial charge on any atom is 0.185 e. The Morgan fingerprint density at radius 1 is 1.44 bits per heavy atom. The Labute approximate surface area is 108 Å². The number of aliphatic hydroxyl groups is 2. The molecule has 3 N–H and O–H groups in total. The van der Waals surface area contributed by atoms with E-state index in [0.717, 1.165) is 11.8 Å². The van der Waals surface area contributed by atoms with Crippen molar-refractivity contribution in [3.8, 4) is 5.75 Å². The zero-order chi connectivity index (χ0) is 13.7. The van der Waals surface area contributed by atoms with Gasteiger partial charge < -0.3 is 15.3 Å². The lowest BCUT2D eigenvalue weighted by atomic mass is 10.00. The Kier molecular flexibility index (Phi) is 5.33. The van der Waals surface area contributed by atoms with Gasteiger partial charge in [-0.25, -0.2) is 0 Å². The molecule has 0 aliphatic carbocycles. The predicted molar refractivity (Wildman–Crippen MR) is 67.6 cm³/mol. The SMILES string of the molecule is CC(=O)SCC(O)C(O)c1ccc(O)cc1C=O. The van der Waals surface area contributed by atoms with Crippen molar-refractivity contribution in [2.75, 3.05) is 5.75 Å². The summed E-state index contributed by atoms with van der Waals surface area (Å²) >= 11 is 0.892. The van der Waals surface area contributed by atoms with Crippen LogP contribution in [0.4, 0.5) is 0 Å². The van der Waals surface area contributed by atoms with Gasteiger partial charge in [0.25, 0.3) is 0 Å². The van der Waals surface area contributed by atoms with Gasteiger partial charge in [-0.2, -0.15) is 0 Å². The minimum absolute atomic E-state index is 0.0374. The van der Waals surface area contributed by atoms with Crippen LogP contribution >= 0.6 is 11.8 Å². The molecule has 0 amide bonds. The van der Waals surface area contributed by atoms with E-state index in [-0.39, 0.29) is 27.7 Å². The number of hydrogen-bond donors (Lipinski definition) is 3. The van der Waals surface area contributed by atoms with Gasteiger partial charge in [-0.3, -0.25) is 9.59 Å². The number of thioether (sulfide) groups is 1. The molecule has 1 aromatic rings. The van der Waals surface area contributed by atoms with Gasteiger partial charge in [0.05, 0.1) is 6.10 Å². The third kappa shape index (κ3) is 3.83. The summed E-state index contributed by atoms with van der Waals surface area (Å²) in [5.74, 6) is -0.0592. The number of aliphatic hydroxyl groups excluding tert-OH is 2. The first-order valence-electron chi connectivity index (χ1n) is 5.23. The van der Waals surface area contributed by atoms with E-state index in [9.17, 15) is 24.9 Å². The van der Waals surface area contributed by atoms with Gasteiger partial charge >= 0.3 is 0 Å². The van der Waals surface area contributed by atoms with E-state index in [4.69, 9.17) is 0 Å². The standard InChI is InChI=1S/C12H14O5S/c1-7(14)18-6-11(16)12(17)10-3-2-9(15)4-8(10)5-13/h2-5,11-12,15-17H,6H2,1H3. The van der Waals surface area contributed by atoms with Crippen molar-refractivity contribution < 1.29 is 24.9 Å². The summed E-state index contributed by atoms with van der Waals surface area (Å²) < 4.78 is 0. The summed E-state index contributed by atoms with van der Waals surface area (Å²) in [6.07, 6.45) is -1.96. The first-order valence-corrected chi connectivity index (χ1v) is 6.22. The number of aldehydes is 1. The average molecular weight is 270 g/mol. The van der Waals surface area contributed by atoms with Gasteiger partial charge in [-0.05, 0) is 17.7 Å². The molecule has 0 radical (unpaired) electrons. The van der Waals surface area contributed by atoms with Crippen LogP contribution in [0.5, 0.6) is 5.75 Å². The fourth-order valence-corrected chi connectivity index (χ4v) is 2.02. The van der Waals surface area contributed by atoms with Gasteiger partial charge in [0.2, 0.25) is 0 Å². The van der Waals surface area contributed by atoms with Crippen molar-refractivity contribution in [1.29, 1.82) is 0 Å². The van der Waals surface area contributed by atoms with Crippen LogP contribution in [0.2, 0.25) is 0 Å². The van der Waals surface area contributed by atoms with Crippen LogP contribution in [0.25, 0.3) is 0 Å². The summed E-state index contributed by atoms with van der Waals surface area (Å²) in [6, 6.07) is 3.89. The quantitative estimate of drug-likeness (QED) is 0.687. The third-order valence-electron chi connectivity index (χ3n) is 2.34. The van der Waals surface area contributed by atoms with E-state index < -0.39 is 12.2 Å². The Bertz CT molecular complexity index is 446. The van der Waals surface area contributed by atoms with Crippen LogP contribution in [0, 0.1) is 0 Å². The monoisotopic (exact) mass is 270 g/mol. The molecule has 0 saturated carbocycles. The zero-order valence-corrected chi connectivity index (χ0v) is 10.6. The highest BCUT2D eigenvalue weighted by Crippen LogP contribution is 2.25. The lowest BCUT2D eigenvalue weighted by molar-refractivity contribution is -0.109. The van der Waals surface area contributed by atoms with E-state index in [1.165, 1.54) is 25.1 Å². The molecule has 18 heavy (non-hydrogen) atoms. The summed E-state index contributed by atoms with van der Waals surface area (Å²) in [7, 11) is 0. The molecule has 0 aliphatic heterocycles. The summed E-state index contributed by atoms with van der Waals surface area (Å²) in [4.78, 5) is 21.6. The molecule has 0 spiro atoms. The number of carbonyl (C=O) groups excluding carboxylic acids is 2. The normalized spacial score (nSPS) is 13.9. The lowest BCUT2D eigenvalue weighted by Gasteiger charge is -2.18. The largest absolute Gasteiger partial charge is 0.508 e. The summed E-state index contributed by atoms with van der Waals surface area (Å²) in [6.45, 7) is 1.36. The highest BCUT2D eigenvalue weighted by molar-refractivity contribution is 8.13. The maximum absolute atomic E-state index is 10.8. The number of carbonyl (C=O) groups is 2. The van der Waals surface area contributed by atoms with Crippen LogP contribution in [0.3, 0.4) is 0 Å². The fourth-order valence-electron chi connectivity index (χ4n) is 1.43. The first-order chi connectivity index (χ1) is 8.45. The van der Waals surface area contributed by atoms with Crippen LogP contribution in [0.1, 0.15) is 28.9 Å². The lowest BCUT2D eigenvalue weighted by Crippen LogP contribution is -2.22. The van der Waals surface area contributed by atoms with Crippen molar-refractivity contribution in [3.05, 3.63) is 29.3 Å². The minimum Gasteiger partial charge on any atom is -0.508 e. The van der Waals surface area contributed by atoms with E-state index in [2.05, 4.69) is 0 Å². The molecule has 2 atom stereocenters. The van der Waals surface area contributed by atoms with Crippen LogP contribution in [0.15, 0.2) is 18.2 Å². The zero-order valence-electron chi connectivity index (χ0n) is 9.74. The molecule has 98 valence electrons. The van der Waals surface area contributed by atoms with E-state index >= 15 is 0 Å². The number of phenolic OH excluding ortho intramolecular Hbond substituents is 1. The molecule has 1 rings (SSSR count). The minimum atomic E-state index is -1.28. The molecular formula is C12H14O5S. The number of phenols is 1. The molecule has 0 fully saturated rings.